The standard InChI is InChI=1S/C14H18BrNOS/c1-9(8-15)10(2)16-14(17)13-7-11-5-3-4-6-12(11)18-13/h3-6,9-10,13H,7-8H2,1-2H3,(H,16,17). The molecule has 98 valence electrons. The normalized spacial score (nSPS) is 21.2. The molecule has 0 fully saturated rings. The quantitative estimate of drug-likeness (QED) is 0.860. The minimum absolute atomic E-state index is 0.0346. The first-order valence-corrected chi connectivity index (χ1v) is 8.23. The second-order valence-corrected chi connectivity index (χ2v) is 6.74. The van der Waals surface area contributed by atoms with E-state index in [-0.39, 0.29) is 17.2 Å². The number of halogens is 1. The van der Waals surface area contributed by atoms with Gasteiger partial charge in [-0.1, -0.05) is 41.1 Å². The van der Waals surface area contributed by atoms with Crippen LogP contribution in [0.1, 0.15) is 19.4 Å². The van der Waals surface area contributed by atoms with Gasteiger partial charge in [-0.2, -0.15) is 0 Å². The second-order valence-electron chi connectivity index (χ2n) is 4.85. The molecule has 0 aliphatic carbocycles. The zero-order valence-electron chi connectivity index (χ0n) is 10.7. The molecule has 0 radical (unpaired) electrons. The molecular weight excluding hydrogens is 310 g/mol. The van der Waals surface area contributed by atoms with Crippen molar-refractivity contribution in [1.29, 1.82) is 0 Å². The van der Waals surface area contributed by atoms with Crippen LogP contribution in [0.4, 0.5) is 0 Å². The van der Waals surface area contributed by atoms with E-state index in [0.29, 0.717) is 5.92 Å². The maximum Gasteiger partial charge on any atom is 0.234 e. The molecule has 4 heteroatoms. The number of fused-ring (bicyclic) bond motifs is 1. The number of amides is 1. The van der Waals surface area contributed by atoms with E-state index in [2.05, 4.69) is 47.2 Å². The van der Waals surface area contributed by atoms with Crippen LogP contribution in [-0.4, -0.2) is 22.5 Å². The number of rotatable bonds is 4. The third-order valence-corrected chi connectivity index (χ3v) is 5.75. The Balaban J connectivity index is 1.93. The monoisotopic (exact) mass is 327 g/mol. The highest BCUT2D eigenvalue weighted by Crippen LogP contribution is 2.36. The fourth-order valence-electron chi connectivity index (χ4n) is 1.92. The van der Waals surface area contributed by atoms with E-state index in [1.807, 2.05) is 12.1 Å². The number of benzene rings is 1. The van der Waals surface area contributed by atoms with E-state index in [0.717, 1.165) is 11.8 Å². The first-order chi connectivity index (χ1) is 8.61. The first-order valence-electron chi connectivity index (χ1n) is 6.22. The fourth-order valence-corrected chi connectivity index (χ4v) is 3.69. The van der Waals surface area contributed by atoms with Crippen LogP contribution in [0.5, 0.6) is 0 Å². The number of alkyl halides is 1. The van der Waals surface area contributed by atoms with Crippen molar-refractivity contribution in [2.45, 2.75) is 36.5 Å². The van der Waals surface area contributed by atoms with Gasteiger partial charge in [0.25, 0.3) is 0 Å². The molecule has 3 unspecified atom stereocenters. The van der Waals surface area contributed by atoms with Crippen molar-refractivity contribution < 1.29 is 4.79 Å². The Bertz CT molecular complexity index is 413. The van der Waals surface area contributed by atoms with Gasteiger partial charge >= 0.3 is 0 Å². The largest absolute Gasteiger partial charge is 0.352 e. The summed E-state index contributed by atoms with van der Waals surface area (Å²) in [4.78, 5) is 13.4. The molecule has 1 aromatic carbocycles. The number of nitrogens with one attached hydrogen (secondary N) is 1. The zero-order valence-corrected chi connectivity index (χ0v) is 13.1. The Labute approximate surface area is 121 Å². The third kappa shape index (κ3) is 3.09. The molecule has 0 bridgehead atoms. The van der Waals surface area contributed by atoms with Gasteiger partial charge in [-0.3, -0.25) is 4.79 Å². The average molecular weight is 328 g/mol. The van der Waals surface area contributed by atoms with E-state index in [4.69, 9.17) is 0 Å². The van der Waals surface area contributed by atoms with Crippen molar-refractivity contribution in [3.8, 4) is 0 Å². The number of hydrogen-bond donors (Lipinski definition) is 1. The maximum atomic E-state index is 12.2. The van der Waals surface area contributed by atoms with Crippen molar-refractivity contribution in [3.05, 3.63) is 29.8 Å². The van der Waals surface area contributed by atoms with E-state index < -0.39 is 0 Å². The predicted molar refractivity (Wildman–Crippen MR) is 80.4 cm³/mol. The molecule has 18 heavy (non-hydrogen) atoms. The summed E-state index contributed by atoms with van der Waals surface area (Å²) < 4.78 is 0. The minimum Gasteiger partial charge on any atom is -0.352 e. The van der Waals surface area contributed by atoms with Gasteiger partial charge in [0, 0.05) is 16.3 Å². The molecule has 2 rings (SSSR count). The summed E-state index contributed by atoms with van der Waals surface area (Å²) in [6, 6.07) is 8.48. The van der Waals surface area contributed by atoms with Crippen molar-refractivity contribution in [2.75, 3.05) is 5.33 Å². The third-order valence-electron chi connectivity index (χ3n) is 3.41. The molecule has 1 N–H and O–H groups in total. The van der Waals surface area contributed by atoms with E-state index >= 15 is 0 Å². The highest BCUT2D eigenvalue weighted by molar-refractivity contribution is 9.09. The summed E-state index contributed by atoms with van der Waals surface area (Å²) in [6.45, 7) is 4.20. The zero-order chi connectivity index (χ0) is 13.1. The highest BCUT2D eigenvalue weighted by Gasteiger charge is 2.29. The molecular formula is C14H18BrNOS. The van der Waals surface area contributed by atoms with Crippen LogP contribution in [0.15, 0.2) is 29.2 Å². The van der Waals surface area contributed by atoms with Gasteiger partial charge in [0.2, 0.25) is 5.91 Å². The molecule has 1 aliphatic heterocycles. The second kappa shape index (κ2) is 6.11. The van der Waals surface area contributed by atoms with Crippen LogP contribution in [0.2, 0.25) is 0 Å². The van der Waals surface area contributed by atoms with Gasteiger partial charge in [-0.15, -0.1) is 11.8 Å². The Morgan fingerprint density at radius 3 is 2.89 bits per heavy atom. The van der Waals surface area contributed by atoms with E-state index in [1.165, 1.54) is 10.5 Å². The van der Waals surface area contributed by atoms with Crippen molar-refractivity contribution >= 4 is 33.6 Å². The van der Waals surface area contributed by atoms with E-state index in [9.17, 15) is 4.79 Å². The fraction of sp³-hybridized carbons (Fsp3) is 0.500. The summed E-state index contributed by atoms with van der Waals surface area (Å²) >= 11 is 5.14. The van der Waals surface area contributed by atoms with Gasteiger partial charge in [0.05, 0.1) is 5.25 Å². The maximum absolute atomic E-state index is 12.2. The van der Waals surface area contributed by atoms with Gasteiger partial charge in [0.1, 0.15) is 0 Å². The molecule has 0 saturated carbocycles. The van der Waals surface area contributed by atoms with Crippen LogP contribution in [-0.2, 0) is 11.2 Å². The van der Waals surface area contributed by atoms with E-state index in [1.54, 1.807) is 11.8 Å². The summed E-state index contributed by atoms with van der Waals surface area (Å²) in [6.07, 6.45) is 0.849. The number of hydrogen-bond acceptors (Lipinski definition) is 2. The molecule has 1 heterocycles. The SMILES string of the molecule is CC(CBr)C(C)NC(=O)C1Cc2ccccc2S1. The van der Waals surface area contributed by atoms with Gasteiger partial charge in [-0.05, 0) is 30.9 Å². The summed E-state index contributed by atoms with van der Waals surface area (Å²) in [7, 11) is 0. The van der Waals surface area contributed by atoms with Crippen LogP contribution < -0.4 is 5.32 Å². The van der Waals surface area contributed by atoms with Crippen LogP contribution in [0, 0.1) is 5.92 Å². The molecule has 0 saturated heterocycles. The number of thioether (sulfide) groups is 1. The summed E-state index contributed by atoms with van der Waals surface area (Å²) in [5.41, 5.74) is 1.30. The summed E-state index contributed by atoms with van der Waals surface area (Å²) in [5, 5.41) is 4.06. The molecule has 1 aromatic rings. The molecule has 0 spiro atoms. The Hall–Kier alpha value is -0.480. The molecule has 1 amide bonds. The minimum atomic E-state index is 0.0346. The highest BCUT2D eigenvalue weighted by atomic mass is 79.9. The lowest BCUT2D eigenvalue weighted by molar-refractivity contribution is -0.121. The predicted octanol–water partition coefficient (Wildman–Crippen LogP) is 3.24. The molecule has 1 aliphatic rings. The van der Waals surface area contributed by atoms with Crippen LogP contribution in [0.25, 0.3) is 0 Å². The first kappa shape index (κ1) is 13.9. The number of carbonyl (C=O) groups is 1. The van der Waals surface area contributed by atoms with Gasteiger partial charge < -0.3 is 5.32 Å². The van der Waals surface area contributed by atoms with Crippen LogP contribution >= 0.6 is 27.7 Å². The Morgan fingerprint density at radius 1 is 1.50 bits per heavy atom. The van der Waals surface area contributed by atoms with Crippen molar-refractivity contribution in [2.24, 2.45) is 5.92 Å². The van der Waals surface area contributed by atoms with Gasteiger partial charge in [0.15, 0.2) is 0 Å². The number of carbonyl (C=O) groups excluding carboxylic acids is 1. The van der Waals surface area contributed by atoms with Crippen LogP contribution in [0.3, 0.4) is 0 Å². The molecule has 2 nitrogen and oxygen atoms in total. The lowest BCUT2D eigenvalue weighted by Crippen LogP contribution is -2.42. The van der Waals surface area contributed by atoms with Crippen molar-refractivity contribution in [1.82, 2.24) is 5.32 Å². The summed E-state index contributed by atoms with van der Waals surface area (Å²) in [5.74, 6) is 0.610. The lowest BCUT2D eigenvalue weighted by Gasteiger charge is -2.21. The van der Waals surface area contributed by atoms with Crippen molar-refractivity contribution in [3.63, 3.8) is 0 Å². The topological polar surface area (TPSA) is 29.1 Å². The lowest BCUT2D eigenvalue weighted by atomic mass is 10.1. The van der Waals surface area contributed by atoms with Gasteiger partial charge in [-0.25, -0.2) is 0 Å². The average Bonchev–Trinajstić information content (AvgIpc) is 2.81. The Kier molecular flexibility index (Phi) is 4.73. The molecule has 0 aromatic heterocycles. The smallest absolute Gasteiger partial charge is 0.234 e. The Morgan fingerprint density at radius 2 is 2.22 bits per heavy atom. The molecule has 3 atom stereocenters.